The first-order valence-electron chi connectivity index (χ1n) is 9.20. The van der Waals surface area contributed by atoms with E-state index in [1.165, 1.54) is 63.4 Å². The Balaban J connectivity index is 2.12. The van der Waals surface area contributed by atoms with Crippen LogP contribution in [0.3, 0.4) is 0 Å². The zero-order valence-corrected chi connectivity index (χ0v) is 15.3. The molecule has 0 N–H and O–H groups in total. The maximum Gasteiger partial charge on any atom is 0.161 e. The molecular weight excluding hydrogens is 284 g/mol. The topological polar surface area (TPSA) is 18.5 Å². The largest absolute Gasteiger partial charge is 0.493 e. The molecule has 0 fully saturated rings. The standard InChI is InChI=1S/C21H34O2/c1-4-5-6-7-8-9-10-11-12-13-14-15-19-16-17-20(22-2)21(18-19)23-3/h14-18H,4-13H2,1-3H3/b15-14+. The third kappa shape index (κ3) is 8.68. The Morgan fingerprint density at radius 2 is 1.39 bits per heavy atom. The molecule has 1 rings (SSSR count). The van der Waals surface area contributed by atoms with Crippen LogP contribution in [0, 0.1) is 0 Å². The van der Waals surface area contributed by atoms with E-state index < -0.39 is 0 Å². The minimum absolute atomic E-state index is 0.781. The molecule has 1 aromatic rings. The lowest BCUT2D eigenvalue weighted by molar-refractivity contribution is 0.355. The van der Waals surface area contributed by atoms with Gasteiger partial charge in [0.2, 0.25) is 0 Å². The first-order valence-corrected chi connectivity index (χ1v) is 9.20. The fourth-order valence-electron chi connectivity index (χ4n) is 2.75. The molecule has 0 saturated heterocycles. The molecule has 0 atom stereocenters. The van der Waals surface area contributed by atoms with Crippen LogP contribution in [0.1, 0.15) is 76.7 Å². The van der Waals surface area contributed by atoms with Crippen molar-refractivity contribution in [2.45, 2.75) is 71.1 Å². The first kappa shape index (κ1) is 19.6. The van der Waals surface area contributed by atoms with Crippen LogP contribution >= 0.6 is 0 Å². The predicted molar refractivity (Wildman–Crippen MR) is 100 cm³/mol. The summed E-state index contributed by atoms with van der Waals surface area (Å²) in [5, 5.41) is 0. The average molecular weight is 319 g/mol. The first-order chi connectivity index (χ1) is 11.3. The highest BCUT2D eigenvalue weighted by Crippen LogP contribution is 2.28. The molecule has 1 aromatic carbocycles. The molecular formula is C21H34O2. The van der Waals surface area contributed by atoms with Crippen LogP contribution in [0.25, 0.3) is 6.08 Å². The lowest BCUT2D eigenvalue weighted by Gasteiger charge is -2.07. The molecule has 0 aliphatic rings. The summed E-state index contributed by atoms with van der Waals surface area (Å²) in [4.78, 5) is 0. The maximum atomic E-state index is 5.32. The number of rotatable bonds is 13. The van der Waals surface area contributed by atoms with Crippen LogP contribution in [-0.4, -0.2) is 14.2 Å². The van der Waals surface area contributed by atoms with Crippen molar-refractivity contribution in [2.24, 2.45) is 0 Å². The van der Waals surface area contributed by atoms with Gasteiger partial charge in [0.15, 0.2) is 11.5 Å². The van der Waals surface area contributed by atoms with Crippen LogP contribution in [0.2, 0.25) is 0 Å². The second kappa shape index (κ2) is 13.0. The molecule has 0 heterocycles. The van der Waals surface area contributed by atoms with E-state index in [1.807, 2.05) is 12.1 Å². The zero-order chi connectivity index (χ0) is 16.8. The number of hydrogen-bond acceptors (Lipinski definition) is 2. The van der Waals surface area contributed by atoms with Crippen molar-refractivity contribution in [3.05, 3.63) is 29.8 Å². The molecule has 130 valence electrons. The molecule has 0 aliphatic carbocycles. The van der Waals surface area contributed by atoms with Gasteiger partial charge in [0, 0.05) is 0 Å². The quantitative estimate of drug-likeness (QED) is 0.380. The Hall–Kier alpha value is -1.44. The van der Waals surface area contributed by atoms with Crippen LogP contribution in [0.15, 0.2) is 24.3 Å². The molecule has 2 heteroatoms. The Morgan fingerprint density at radius 3 is 2.00 bits per heavy atom. The summed E-state index contributed by atoms with van der Waals surface area (Å²) < 4.78 is 10.6. The van der Waals surface area contributed by atoms with Gasteiger partial charge in [-0.2, -0.15) is 0 Å². The van der Waals surface area contributed by atoms with Gasteiger partial charge in [-0.1, -0.05) is 76.5 Å². The lowest BCUT2D eigenvalue weighted by atomic mass is 10.1. The fraction of sp³-hybridized carbons (Fsp3) is 0.619. The monoisotopic (exact) mass is 318 g/mol. The third-order valence-corrected chi connectivity index (χ3v) is 4.19. The summed E-state index contributed by atoms with van der Waals surface area (Å²) in [5.41, 5.74) is 1.17. The van der Waals surface area contributed by atoms with Crippen LogP contribution in [-0.2, 0) is 0 Å². The molecule has 0 unspecified atom stereocenters. The molecule has 0 spiro atoms. The van der Waals surface area contributed by atoms with Gasteiger partial charge in [-0.15, -0.1) is 0 Å². The van der Waals surface area contributed by atoms with Crippen LogP contribution in [0.5, 0.6) is 11.5 Å². The minimum atomic E-state index is 0.781. The Bertz CT molecular complexity index is 437. The van der Waals surface area contributed by atoms with E-state index in [2.05, 4.69) is 25.1 Å². The van der Waals surface area contributed by atoms with Crippen molar-refractivity contribution in [1.82, 2.24) is 0 Å². The minimum Gasteiger partial charge on any atom is -0.493 e. The summed E-state index contributed by atoms with van der Waals surface area (Å²) in [6.07, 6.45) is 18.0. The number of ether oxygens (including phenoxy) is 2. The summed E-state index contributed by atoms with van der Waals surface area (Å²) in [7, 11) is 3.34. The number of hydrogen-bond donors (Lipinski definition) is 0. The van der Waals surface area contributed by atoms with E-state index in [1.54, 1.807) is 14.2 Å². The number of allylic oxidation sites excluding steroid dienone is 1. The fourth-order valence-corrected chi connectivity index (χ4v) is 2.75. The van der Waals surface area contributed by atoms with Gasteiger partial charge >= 0.3 is 0 Å². The van der Waals surface area contributed by atoms with Gasteiger partial charge < -0.3 is 9.47 Å². The lowest BCUT2D eigenvalue weighted by Crippen LogP contribution is -1.90. The summed E-state index contributed by atoms with van der Waals surface area (Å²) in [6.45, 7) is 2.27. The predicted octanol–water partition coefficient (Wildman–Crippen LogP) is 6.64. The Morgan fingerprint density at radius 1 is 0.783 bits per heavy atom. The van der Waals surface area contributed by atoms with Crippen molar-refractivity contribution in [2.75, 3.05) is 14.2 Å². The van der Waals surface area contributed by atoms with Crippen molar-refractivity contribution >= 4 is 6.08 Å². The Labute approximate surface area is 142 Å². The van der Waals surface area contributed by atoms with Gasteiger partial charge in [-0.05, 0) is 30.5 Å². The highest BCUT2D eigenvalue weighted by Gasteiger charge is 2.02. The van der Waals surface area contributed by atoms with E-state index in [0.717, 1.165) is 17.9 Å². The summed E-state index contributed by atoms with van der Waals surface area (Å²) in [5.74, 6) is 1.57. The van der Waals surface area contributed by atoms with Gasteiger partial charge in [-0.3, -0.25) is 0 Å². The number of methoxy groups -OCH3 is 2. The summed E-state index contributed by atoms with van der Waals surface area (Å²) >= 11 is 0. The van der Waals surface area contributed by atoms with Gasteiger partial charge in [0.1, 0.15) is 0 Å². The third-order valence-electron chi connectivity index (χ3n) is 4.19. The number of benzene rings is 1. The van der Waals surface area contributed by atoms with E-state index in [-0.39, 0.29) is 0 Å². The highest BCUT2D eigenvalue weighted by atomic mass is 16.5. The van der Waals surface area contributed by atoms with Crippen LogP contribution < -0.4 is 9.47 Å². The highest BCUT2D eigenvalue weighted by molar-refractivity contribution is 5.55. The molecule has 0 amide bonds. The normalized spacial score (nSPS) is 11.1. The maximum absolute atomic E-state index is 5.32. The molecule has 23 heavy (non-hydrogen) atoms. The van der Waals surface area contributed by atoms with Crippen molar-refractivity contribution in [3.63, 3.8) is 0 Å². The molecule has 0 aromatic heterocycles. The average Bonchev–Trinajstić information content (AvgIpc) is 2.59. The van der Waals surface area contributed by atoms with Crippen molar-refractivity contribution in [1.29, 1.82) is 0 Å². The second-order valence-corrected chi connectivity index (χ2v) is 6.13. The van der Waals surface area contributed by atoms with E-state index in [9.17, 15) is 0 Å². The van der Waals surface area contributed by atoms with Gasteiger partial charge in [-0.25, -0.2) is 0 Å². The SMILES string of the molecule is CCCCCCCCCCC/C=C/c1ccc(OC)c(OC)c1. The summed E-state index contributed by atoms with van der Waals surface area (Å²) in [6, 6.07) is 6.04. The van der Waals surface area contributed by atoms with E-state index in [0.29, 0.717) is 0 Å². The zero-order valence-electron chi connectivity index (χ0n) is 15.3. The van der Waals surface area contributed by atoms with Crippen molar-refractivity contribution in [3.8, 4) is 11.5 Å². The second-order valence-electron chi connectivity index (χ2n) is 6.13. The van der Waals surface area contributed by atoms with Gasteiger partial charge in [0.05, 0.1) is 14.2 Å². The van der Waals surface area contributed by atoms with Crippen LogP contribution in [0.4, 0.5) is 0 Å². The number of unbranched alkanes of at least 4 members (excludes halogenated alkanes) is 9. The van der Waals surface area contributed by atoms with Crippen molar-refractivity contribution < 1.29 is 9.47 Å². The molecule has 0 saturated carbocycles. The smallest absolute Gasteiger partial charge is 0.161 e. The molecule has 0 aliphatic heterocycles. The molecule has 2 nitrogen and oxygen atoms in total. The molecule has 0 radical (unpaired) electrons. The van der Waals surface area contributed by atoms with Gasteiger partial charge in [0.25, 0.3) is 0 Å². The molecule has 0 bridgehead atoms. The Kier molecular flexibility index (Phi) is 11.1. The van der Waals surface area contributed by atoms with E-state index >= 15 is 0 Å². The van der Waals surface area contributed by atoms with E-state index in [4.69, 9.17) is 9.47 Å².